The van der Waals surface area contributed by atoms with E-state index in [1.54, 1.807) is 0 Å². The van der Waals surface area contributed by atoms with Gasteiger partial charge in [0.15, 0.2) is 13.2 Å². The van der Waals surface area contributed by atoms with Crippen LogP contribution in [0.25, 0.3) is 0 Å². The predicted octanol–water partition coefficient (Wildman–Crippen LogP) is 2.26. The first kappa shape index (κ1) is 17.6. The molecule has 0 aliphatic heterocycles. The Balaban J connectivity index is 4.48. The lowest BCUT2D eigenvalue weighted by molar-refractivity contribution is -0.170. The van der Waals surface area contributed by atoms with Crippen LogP contribution in [0, 0.1) is 0 Å². The Morgan fingerprint density at radius 2 is 1.28 bits per heavy atom. The second kappa shape index (κ2) is 6.71. The molecule has 0 heterocycles. The summed E-state index contributed by atoms with van der Waals surface area (Å²) in [5.74, 6) is 0. The third-order valence-corrected chi connectivity index (χ3v) is 2.50. The highest BCUT2D eigenvalue weighted by Gasteiger charge is 2.39. The number of phosphoric acid groups is 1. The summed E-state index contributed by atoms with van der Waals surface area (Å²) in [5, 5.41) is 8.28. The number of hydrogen-bond donors (Lipinski definition) is 1. The number of aliphatic hydroxyl groups excluding tert-OH is 1. The Hall–Kier alpha value is -0.350. The summed E-state index contributed by atoms with van der Waals surface area (Å²) in [7, 11) is -5.03. The number of hydrogen-bond acceptors (Lipinski definition) is 5. The van der Waals surface area contributed by atoms with Crippen LogP contribution in [0.4, 0.5) is 26.3 Å². The van der Waals surface area contributed by atoms with Crippen LogP contribution in [0.1, 0.15) is 0 Å². The van der Waals surface area contributed by atoms with E-state index in [2.05, 4.69) is 13.6 Å². The molecule has 0 bridgehead atoms. The predicted molar refractivity (Wildman–Crippen MR) is 44.7 cm³/mol. The fraction of sp³-hybridized carbons (Fsp3) is 1.00. The summed E-state index contributed by atoms with van der Waals surface area (Å²) in [6.45, 7) is -5.79. The normalized spacial score (nSPS) is 13.9. The van der Waals surface area contributed by atoms with Crippen molar-refractivity contribution in [1.82, 2.24) is 0 Å². The average Bonchev–Trinajstić information content (AvgIpc) is 2.19. The van der Waals surface area contributed by atoms with Gasteiger partial charge in [0, 0.05) is 0 Å². The molecule has 5 nitrogen and oxygen atoms in total. The molecular formula is C6H9F6O5P. The van der Waals surface area contributed by atoms with Gasteiger partial charge in [-0.3, -0.25) is 13.6 Å². The minimum absolute atomic E-state index is 0.783. The van der Waals surface area contributed by atoms with Crippen molar-refractivity contribution < 1.29 is 49.6 Å². The van der Waals surface area contributed by atoms with Gasteiger partial charge in [-0.1, -0.05) is 0 Å². The molecule has 0 unspecified atom stereocenters. The Morgan fingerprint density at radius 1 is 0.889 bits per heavy atom. The average molecular weight is 306 g/mol. The molecule has 0 saturated heterocycles. The molecule has 0 aromatic carbocycles. The molecule has 1 N–H and O–H groups in total. The second-order valence-electron chi connectivity index (χ2n) is 2.78. The van der Waals surface area contributed by atoms with Gasteiger partial charge in [0.1, 0.15) is 0 Å². The molecule has 0 atom stereocenters. The smallest absolute Gasteiger partial charge is 0.394 e. The van der Waals surface area contributed by atoms with Crippen LogP contribution in [0.15, 0.2) is 0 Å². The fourth-order valence-electron chi connectivity index (χ4n) is 0.569. The minimum atomic E-state index is -5.03. The topological polar surface area (TPSA) is 65.0 Å². The van der Waals surface area contributed by atoms with Gasteiger partial charge in [0.05, 0.1) is 13.2 Å². The molecule has 0 saturated carbocycles. The first-order chi connectivity index (χ1) is 7.97. The molecule has 0 aromatic heterocycles. The molecule has 0 amide bonds. The molecule has 0 radical (unpaired) electrons. The maximum Gasteiger partial charge on any atom is 0.475 e. The molecule has 0 rings (SSSR count). The highest BCUT2D eigenvalue weighted by molar-refractivity contribution is 7.48. The van der Waals surface area contributed by atoms with Crippen LogP contribution in [-0.4, -0.2) is 43.9 Å². The maximum absolute atomic E-state index is 11.8. The minimum Gasteiger partial charge on any atom is -0.394 e. The fourth-order valence-corrected chi connectivity index (χ4v) is 1.71. The Morgan fingerprint density at radius 3 is 1.56 bits per heavy atom. The molecule has 0 aromatic rings. The van der Waals surface area contributed by atoms with Crippen LogP contribution >= 0.6 is 7.82 Å². The zero-order valence-electron chi connectivity index (χ0n) is 8.62. The van der Waals surface area contributed by atoms with E-state index in [4.69, 9.17) is 5.11 Å². The van der Waals surface area contributed by atoms with E-state index in [1.165, 1.54) is 0 Å². The van der Waals surface area contributed by atoms with Crippen molar-refractivity contribution in [2.24, 2.45) is 0 Å². The van der Waals surface area contributed by atoms with Crippen LogP contribution in [0.5, 0.6) is 0 Å². The van der Waals surface area contributed by atoms with E-state index in [0.29, 0.717) is 0 Å². The van der Waals surface area contributed by atoms with Gasteiger partial charge < -0.3 is 5.11 Å². The third kappa shape index (κ3) is 9.66. The Kier molecular flexibility index (Phi) is 6.58. The highest BCUT2D eigenvalue weighted by atomic mass is 31.2. The molecule has 0 fully saturated rings. The molecule has 0 aliphatic carbocycles. The summed E-state index contributed by atoms with van der Waals surface area (Å²) in [6.07, 6.45) is -9.83. The number of rotatable bonds is 7. The molecule has 0 aliphatic rings. The van der Waals surface area contributed by atoms with E-state index >= 15 is 0 Å². The monoisotopic (exact) mass is 306 g/mol. The van der Waals surface area contributed by atoms with E-state index in [9.17, 15) is 30.9 Å². The number of alkyl halides is 6. The molecule has 18 heavy (non-hydrogen) atoms. The van der Waals surface area contributed by atoms with Crippen molar-refractivity contribution in [2.75, 3.05) is 26.4 Å². The van der Waals surface area contributed by atoms with Crippen molar-refractivity contribution in [1.29, 1.82) is 0 Å². The first-order valence-corrected chi connectivity index (χ1v) is 5.71. The zero-order chi connectivity index (χ0) is 14.4. The van der Waals surface area contributed by atoms with Gasteiger partial charge in [-0.05, 0) is 0 Å². The molecule has 0 spiro atoms. The van der Waals surface area contributed by atoms with Crippen LogP contribution in [0.2, 0.25) is 0 Å². The summed E-state index contributed by atoms with van der Waals surface area (Å²) < 4.78 is 93.2. The van der Waals surface area contributed by atoms with Crippen LogP contribution in [-0.2, 0) is 18.1 Å². The van der Waals surface area contributed by atoms with Gasteiger partial charge >= 0.3 is 20.2 Å². The summed E-state index contributed by atoms with van der Waals surface area (Å²) in [6, 6.07) is 0. The number of halogens is 6. The van der Waals surface area contributed by atoms with E-state index in [1.807, 2.05) is 0 Å². The number of aliphatic hydroxyl groups is 1. The first-order valence-electron chi connectivity index (χ1n) is 4.25. The zero-order valence-corrected chi connectivity index (χ0v) is 9.52. The highest BCUT2D eigenvalue weighted by Crippen LogP contribution is 2.51. The van der Waals surface area contributed by atoms with Gasteiger partial charge in [-0.25, -0.2) is 4.57 Å². The van der Waals surface area contributed by atoms with Crippen molar-refractivity contribution >= 4 is 7.82 Å². The lowest BCUT2D eigenvalue weighted by atomic mass is 10.7. The SMILES string of the molecule is O=P(OCCO)(OCC(F)(F)F)OCC(F)(F)F. The lowest BCUT2D eigenvalue weighted by Crippen LogP contribution is -2.21. The van der Waals surface area contributed by atoms with Crippen LogP contribution < -0.4 is 0 Å². The third-order valence-electron chi connectivity index (χ3n) is 1.11. The molecule has 110 valence electrons. The number of phosphoric ester groups is 1. The van der Waals surface area contributed by atoms with Crippen molar-refractivity contribution in [3.8, 4) is 0 Å². The van der Waals surface area contributed by atoms with Gasteiger partial charge in [-0.2, -0.15) is 26.3 Å². The summed E-state index contributed by atoms with van der Waals surface area (Å²) in [5.41, 5.74) is 0. The Bertz CT molecular complexity index is 267. The lowest BCUT2D eigenvalue weighted by Gasteiger charge is -2.19. The van der Waals surface area contributed by atoms with Gasteiger partial charge in [0.2, 0.25) is 0 Å². The Labute approximate surface area is 97.2 Å². The maximum atomic E-state index is 11.8. The van der Waals surface area contributed by atoms with Crippen LogP contribution in [0.3, 0.4) is 0 Å². The van der Waals surface area contributed by atoms with Gasteiger partial charge in [-0.15, -0.1) is 0 Å². The van der Waals surface area contributed by atoms with Crippen molar-refractivity contribution in [3.63, 3.8) is 0 Å². The summed E-state index contributed by atoms with van der Waals surface area (Å²) in [4.78, 5) is 0. The quantitative estimate of drug-likeness (QED) is 0.577. The van der Waals surface area contributed by atoms with E-state index in [0.717, 1.165) is 0 Å². The van der Waals surface area contributed by atoms with Crippen molar-refractivity contribution in [3.05, 3.63) is 0 Å². The summed E-state index contributed by atoms with van der Waals surface area (Å²) >= 11 is 0. The van der Waals surface area contributed by atoms with Gasteiger partial charge in [0.25, 0.3) is 0 Å². The van der Waals surface area contributed by atoms with E-state index in [-0.39, 0.29) is 0 Å². The molecular weight excluding hydrogens is 297 g/mol. The standard InChI is InChI=1S/C6H9F6O5P/c7-5(8,9)3-16-18(14,15-2-1-13)17-4-6(10,11)12/h13H,1-4H2. The van der Waals surface area contributed by atoms with Crippen molar-refractivity contribution in [2.45, 2.75) is 12.4 Å². The largest absolute Gasteiger partial charge is 0.475 e. The van der Waals surface area contributed by atoms with E-state index < -0.39 is 46.6 Å². The second-order valence-corrected chi connectivity index (χ2v) is 4.45. The molecule has 12 heteroatoms.